The third kappa shape index (κ3) is 2.92. The molecule has 20 heavy (non-hydrogen) atoms. The molecule has 1 amide bonds. The Morgan fingerprint density at radius 3 is 2.80 bits per heavy atom. The number of aryl methyl sites for hydroxylation is 1. The molecule has 1 aliphatic heterocycles. The van der Waals surface area contributed by atoms with Crippen molar-refractivity contribution in [1.29, 1.82) is 0 Å². The number of hydrogen-bond acceptors (Lipinski definition) is 4. The number of anilines is 1. The number of rotatable bonds is 3. The van der Waals surface area contributed by atoms with Crippen molar-refractivity contribution in [3.05, 3.63) is 29.3 Å². The predicted octanol–water partition coefficient (Wildman–Crippen LogP) is 1.73. The molecule has 0 saturated carbocycles. The number of esters is 1. The van der Waals surface area contributed by atoms with Gasteiger partial charge in [-0.25, -0.2) is 4.79 Å². The Hall–Kier alpha value is -2.04. The van der Waals surface area contributed by atoms with Crippen LogP contribution in [0.15, 0.2) is 18.2 Å². The van der Waals surface area contributed by atoms with Crippen LogP contribution < -0.4 is 10.6 Å². The number of hydrogen-bond donors (Lipinski definition) is 2. The average Bonchev–Trinajstić information content (AvgIpc) is 2.45. The molecule has 2 rings (SSSR count). The molecular formula is C15H20N2O3. The second-order valence-corrected chi connectivity index (χ2v) is 5.47. The monoisotopic (exact) mass is 276 g/mol. The standard InChI is InChI=1S/C15H20N2O3/c1-15(2,14(19)20-3)17-13(18)11-6-7-12-10(9-11)5-4-8-16-12/h6-7,9,16H,4-5,8H2,1-3H3,(H,17,18). The van der Waals surface area contributed by atoms with Crippen LogP contribution in [-0.2, 0) is 16.0 Å². The van der Waals surface area contributed by atoms with Crippen molar-refractivity contribution in [2.75, 3.05) is 19.0 Å². The Bertz CT molecular complexity index is 538. The fourth-order valence-corrected chi connectivity index (χ4v) is 2.28. The van der Waals surface area contributed by atoms with E-state index < -0.39 is 11.5 Å². The van der Waals surface area contributed by atoms with E-state index >= 15 is 0 Å². The van der Waals surface area contributed by atoms with Crippen LogP contribution in [0.2, 0.25) is 0 Å². The van der Waals surface area contributed by atoms with Crippen molar-refractivity contribution in [2.24, 2.45) is 0 Å². The minimum absolute atomic E-state index is 0.270. The van der Waals surface area contributed by atoms with Gasteiger partial charge in [0.1, 0.15) is 5.54 Å². The van der Waals surface area contributed by atoms with Crippen LogP contribution in [0.5, 0.6) is 0 Å². The number of ether oxygens (including phenoxy) is 1. The minimum atomic E-state index is -1.04. The number of amides is 1. The van der Waals surface area contributed by atoms with Crippen molar-refractivity contribution < 1.29 is 14.3 Å². The highest BCUT2D eigenvalue weighted by molar-refractivity contribution is 5.98. The molecule has 108 valence electrons. The molecule has 5 nitrogen and oxygen atoms in total. The van der Waals surface area contributed by atoms with Gasteiger partial charge in [-0.15, -0.1) is 0 Å². The van der Waals surface area contributed by atoms with Gasteiger partial charge in [-0.05, 0) is 50.5 Å². The van der Waals surface area contributed by atoms with Crippen LogP contribution in [0.3, 0.4) is 0 Å². The Kier molecular flexibility index (Phi) is 3.97. The first-order valence-corrected chi connectivity index (χ1v) is 6.72. The van der Waals surface area contributed by atoms with E-state index in [-0.39, 0.29) is 5.91 Å². The number of carbonyl (C=O) groups is 2. The summed E-state index contributed by atoms with van der Waals surface area (Å²) in [6.07, 6.45) is 2.02. The number of carbonyl (C=O) groups excluding carboxylic acids is 2. The fraction of sp³-hybridized carbons (Fsp3) is 0.467. The number of fused-ring (bicyclic) bond motifs is 1. The smallest absolute Gasteiger partial charge is 0.330 e. The molecule has 0 atom stereocenters. The van der Waals surface area contributed by atoms with Gasteiger partial charge in [0.15, 0.2) is 0 Å². The molecule has 0 radical (unpaired) electrons. The van der Waals surface area contributed by atoms with Gasteiger partial charge in [-0.3, -0.25) is 4.79 Å². The lowest BCUT2D eigenvalue weighted by Crippen LogP contribution is -2.50. The molecule has 1 aliphatic rings. The van der Waals surface area contributed by atoms with Gasteiger partial charge < -0.3 is 15.4 Å². The highest BCUT2D eigenvalue weighted by Crippen LogP contribution is 2.23. The Morgan fingerprint density at radius 1 is 1.35 bits per heavy atom. The van der Waals surface area contributed by atoms with E-state index in [9.17, 15) is 9.59 Å². The number of benzene rings is 1. The summed E-state index contributed by atoms with van der Waals surface area (Å²) in [5, 5.41) is 5.99. The van der Waals surface area contributed by atoms with Gasteiger partial charge in [-0.2, -0.15) is 0 Å². The first kappa shape index (κ1) is 14.4. The Labute approximate surface area is 118 Å². The van der Waals surface area contributed by atoms with E-state index in [2.05, 4.69) is 15.4 Å². The van der Waals surface area contributed by atoms with E-state index in [0.29, 0.717) is 5.56 Å². The summed E-state index contributed by atoms with van der Waals surface area (Å²) in [4.78, 5) is 23.8. The topological polar surface area (TPSA) is 67.4 Å². The van der Waals surface area contributed by atoms with Crippen molar-refractivity contribution in [1.82, 2.24) is 5.32 Å². The van der Waals surface area contributed by atoms with E-state index in [1.807, 2.05) is 12.1 Å². The Morgan fingerprint density at radius 2 is 2.10 bits per heavy atom. The lowest BCUT2D eigenvalue weighted by Gasteiger charge is -2.24. The third-order valence-electron chi connectivity index (χ3n) is 3.43. The van der Waals surface area contributed by atoms with E-state index in [1.165, 1.54) is 7.11 Å². The molecule has 0 unspecified atom stereocenters. The van der Waals surface area contributed by atoms with Gasteiger partial charge in [0.2, 0.25) is 0 Å². The van der Waals surface area contributed by atoms with Crippen LogP contribution in [0.1, 0.15) is 36.2 Å². The maximum Gasteiger partial charge on any atom is 0.330 e. The summed E-state index contributed by atoms with van der Waals surface area (Å²) in [6, 6.07) is 5.55. The van der Waals surface area contributed by atoms with E-state index in [1.54, 1.807) is 19.9 Å². The Balaban J connectivity index is 2.15. The van der Waals surface area contributed by atoms with Gasteiger partial charge in [0.05, 0.1) is 7.11 Å². The average molecular weight is 276 g/mol. The quantitative estimate of drug-likeness (QED) is 0.825. The molecule has 0 bridgehead atoms. The third-order valence-corrected chi connectivity index (χ3v) is 3.43. The molecule has 0 spiro atoms. The molecular weight excluding hydrogens is 256 g/mol. The minimum Gasteiger partial charge on any atom is -0.467 e. The highest BCUT2D eigenvalue weighted by atomic mass is 16.5. The van der Waals surface area contributed by atoms with Crippen molar-refractivity contribution in [3.8, 4) is 0 Å². The number of nitrogens with one attached hydrogen (secondary N) is 2. The van der Waals surface area contributed by atoms with Crippen LogP contribution in [0.4, 0.5) is 5.69 Å². The molecule has 5 heteroatoms. The normalized spacial score (nSPS) is 13.9. The van der Waals surface area contributed by atoms with Gasteiger partial charge >= 0.3 is 5.97 Å². The maximum absolute atomic E-state index is 12.2. The fourth-order valence-electron chi connectivity index (χ4n) is 2.28. The maximum atomic E-state index is 12.2. The van der Waals surface area contributed by atoms with Crippen LogP contribution in [0, 0.1) is 0 Å². The zero-order chi connectivity index (χ0) is 14.8. The summed E-state index contributed by atoms with van der Waals surface area (Å²) in [5.41, 5.74) is 1.74. The first-order chi connectivity index (χ1) is 9.44. The van der Waals surface area contributed by atoms with Crippen LogP contribution >= 0.6 is 0 Å². The molecule has 1 aromatic rings. The largest absolute Gasteiger partial charge is 0.467 e. The first-order valence-electron chi connectivity index (χ1n) is 6.72. The van der Waals surface area contributed by atoms with Gasteiger partial charge in [0, 0.05) is 17.8 Å². The van der Waals surface area contributed by atoms with E-state index in [0.717, 1.165) is 30.6 Å². The SMILES string of the molecule is COC(=O)C(C)(C)NC(=O)c1ccc2c(c1)CCCN2. The molecule has 1 aromatic carbocycles. The van der Waals surface area contributed by atoms with Crippen LogP contribution in [-0.4, -0.2) is 31.1 Å². The lowest BCUT2D eigenvalue weighted by molar-refractivity contribution is -0.146. The summed E-state index contributed by atoms with van der Waals surface area (Å²) in [7, 11) is 1.31. The molecule has 0 fully saturated rings. The molecule has 1 heterocycles. The van der Waals surface area contributed by atoms with Gasteiger partial charge in [0.25, 0.3) is 5.91 Å². The summed E-state index contributed by atoms with van der Waals surface area (Å²) >= 11 is 0. The zero-order valence-corrected chi connectivity index (χ0v) is 12.1. The van der Waals surface area contributed by atoms with Gasteiger partial charge in [-0.1, -0.05) is 0 Å². The molecule has 0 saturated heterocycles. The van der Waals surface area contributed by atoms with Crippen LogP contribution in [0.25, 0.3) is 0 Å². The predicted molar refractivity (Wildman–Crippen MR) is 76.8 cm³/mol. The second-order valence-electron chi connectivity index (χ2n) is 5.47. The van der Waals surface area contributed by atoms with Crippen molar-refractivity contribution in [3.63, 3.8) is 0 Å². The lowest BCUT2D eigenvalue weighted by atomic mass is 9.99. The van der Waals surface area contributed by atoms with Crippen molar-refractivity contribution in [2.45, 2.75) is 32.2 Å². The highest BCUT2D eigenvalue weighted by Gasteiger charge is 2.30. The summed E-state index contributed by atoms with van der Waals surface area (Å²) in [5.74, 6) is -0.737. The molecule has 0 aliphatic carbocycles. The summed E-state index contributed by atoms with van der Waals surface area (Å²) in [6.45, 7) is 4.21. The summed E-state index contributed by atoms with van der Waals surface area (Å²) < 4.78 is 4.68. The molecule has 0 aromatic heterocycles. The van der Waals surface area contributed by atoms with E-state index in [4.69, 9.17) is 0 Å². The number of methoxy groups -OCH3 is 1. The molecule has 2 N–H and O–H groups in total. The zero-order valence-electron chi connectivity index (χ0n) is 12.1. The second kappa shape index (κ2) is 5.53. The van der Waals surface area contributed by atoms with Crippen molar-refractivity contribution >= 4 is 17.6 Å².